The van der Waals surface area contributed by atoms with Crippen LogP contribution in [0.3, 0.4) is 0 Å². The van der Waals surface area contributed by atoms with Gasteiger partial charge in [0.25, 0.3) is 0 Å². The lowest BCUT2D eigenvalue weighted by Gasteiger charge is -2.19. The average Bonchev–Trinajstić information content (AvgIpc) is 3.39. The van der Waals surface area contributed by atoms with Gasteiger partial charge >= 0.3 is 6.18 Å². The van der Waals surface area contributed by atoms with E-state index in [-0.39, 0.29) is 6.10 Å². The Morgan fingerprint density at radius 1 is 1.05 bits per heavy atom. The highest BCUT2D eigenvalue weighted by atomic mass is 19.4. The van der Waals surface area contributed by atoms with Gasteiger partial charge in [-0.2, -0.15) is 13.2 Å². The van der Waals surface area contributed by atoms with Gasteiger partial charge in [-0.25, -0.2) is 0 Å². The SMILES string of the molecule is COC(CCCn1ccnn1)c1ccc(OCc2ccc(-c3ccc(C(F)(F)F)nc3)nc2C)cc1C. The van der Waals surface area contributed by atoms with E-state index in [0.717, 1.165) is 53.6 Å². The molecule has 0 aliphatic rings. The van der Waals surface area contributed by atoms with E-state index in [0.29, 0.717) is 17.9 Å². The summed E-state index contributed by atoms with van der Waals surface area (Å²) >= 11 is 0. The van der Waals surface area contributed by atoms with Crippen LogP contribution in [0.15, 0.2) is 61.1 Å². The van der Waals surface area contributed by atoms with Crippen molar-refractivity contribution in [3.05, 3.63) is 89.1 Å². The van der Waals surface area contributed by atoms with Crippen LogP contribution in [0.25, 0.3) is 11.3 Å². The Hall–Kier alpha value is -3.79. The topological polar surface area (TPSA) is 75.0 Å². The Morgan fingerprint density at radius 2 is 1.89 bits per heavy atom. The Balaban J connectivity index is 1.37. The molecular formula is C27H28F3N5O2. The quantitative estimate of drug-likeness (QED) is 0.255. The summed E-state index contributed by atoms with van der Waals surface area (Å²) in [5, 5.41) is 7.81. The minimum atomic E-state index is -4.47. The molecule has 1 atom stereocenters. The van der Waals surface area contributed by atoms with E-state index in [1.165, 1.54) is 12.3 Å². The van der Waals surface area contributed by atoms with Gasteiger partial charge in [-0.3, -0.25) is 14.6 Å². The number of rotatable bonds is 10. The summed E-state index contributed by atoms with van der Waals surface area (Å²) in [4.78, 5) is 8.04. The van der Waals surface area contributed by atoms with Crippen LogP contribution in [0.4, 0.5) is 13.2 Å². The van der Waals surface area contributed by atoms with Crippen LogP contribution >= 0.6 is 0 Å². The zero-order valence-corrected chi connectivity index (χ0v) is 20.9. The fourth-order valence-corrected chi connectivity index (χ4v) is 4.07. The second-order valence-electron chi connectivity index (χ2n) is 8.71. The summed E-state index contributed by atoms with van der Waals surface area (Å²) in [7, 11) is 1.71. The first-order valence-corrected chi connectivity index (χ1v) is 11.8. The molecule has 0 spiro atoms. The third-order valence-corrected chi connectivity index (χ3v) is 6.14. The van der Waals surface area contributed by atoms with E-state index in [1.54, 1.807) is 24.1 Å². The van der Waals surface area contributed by atoms with E-state index in [1.807, 2.05) is 44.3 Å². The molecule has 3 heterocycles. The number of alkyl halides is 3. The van der Waals surface area contributed by atoms with Crippen molar-refractivity contribution < 1.29 is 22.6 Å². The van der Waals surface area contributed by atoms with Crippen molar-refractivity contribution in [1.82, 2.24) is 25.0 Å². The van der Waals surface area contributed by atoms with Gasteiger partial charge < -0.3 is 9.47 Å². The molecule has 10 heteroatoms. The zero-order valence-electron chi connectivity index (χ0n) is 20.9. The summed E-state index contributed by atoms with van der Waals surface area (Å²) in [5.74, 6) is 0.731. The number of hydrogen-bond donors (Lipinski definition) is 0. The highest BCUT2D eigenvalue weighted by Crippen LogP contribution is 2.30. The molecule has 3 aromatic heterocycles. The smallest absolute Gasteiger partial charge is 0.433 e. The second kappa shape index (κ2) is 11.5. The predicted octanol–water partition coefficient (Wildman–Crippen LogP) is 6.12. The third kappa shape index (κ3) is 6.71. The van der Waals surface area contributed by atoms with E-state index >= 15 is 0 Å². The second-order valence-corrected chi connectivity index (χ2v) is 8.71. The number of hydrogen-bond acceptors (Lipinski definition) is 6. The largest absolute Gasteiger partial charge is 0.489 e. The Bertz CT molecular complexity index is 1310. The first kappa shape index (κ1) is 26.3. The molecular weight excluding hydrogens is 483 g/mol. The zero-order chi connectivity index (χ0) is 26.4. The van der Waals surface area contributed by atoms with Gasteiger partial charge in [0.2, 0.25) is 0 Å². The fraction of sp³-hybridized carbons (Fsp3) is 0.333. The van der Waals surface area contributed by atoms with Crippen LogP contribution in [0.5, 0.6) is 5.75 Å². The monoisotopic (exact) mass is 511 g/mol. The van der Waals surface area contributed by atoms with Crippen LogP contribution in [0.2, 0.25) is 0 Å². The molecule has 1 aromatic carbocycles. The molecule has 194 valence electrons. The van der Waals surface area contributed by atoms with Crippen LogP contribution in [-0.2, 0) is 24.1 Å². The van der Waals surface area contributed by atoms with Gasteiger partial charge in [0.15, 0.2) is 0 Å². The molecule has 0 saturated heterocycles. The van der Waals surface area contributed by atoms with Crippen LogP contribution in [-0.4, -0.2) is 32.1 Å². The summed E-state index contributed by atoms with van der Waals surface area (Å²) in [5.41, 5.74) is 3.94. The number of aromatic nitrogens is 5. The fourth-order valence-electron chi connectivity index (χ4n) is 4.07. The van der Waals surface area contributed by atoms with Crippen LogP contribution in [0, 0.1) is 13.8 Å². The molecule has 0 radical (unpaired) electrons. The maximum absolute atomic E-state index is 12.8. The van der Waals surface area contributed by atoms with Crippen molar-refractivity contribution in [2.75, 3.05) is 7.11 Å². The van der Waals surface area contributed by atoms with Crippen molar-refractivity contribution in [2.45, 2.75) is 52.1 Å². The molecule has 37 heavy (non-hydrogen) atoms. The van der Waals surface area contributed by atoms with E-state index < -0.39 is 11.9 Å². The van der Waals surface area contributed by atoms with E-state index in [9.17, 15) is 13.2 Å². The third-order valence-electron chi connectivity index (χ3n) is 6.14. The molecule has 0 aliphatic carbocycles. The predicted molar refractivity (Wildman–Crippen MR) is 132 cm³/mol. The highest BCUT2D eigenvalue weighted by Gasteiger charge is 2.32. The number of aryl methyl sites for hydroxylation is 3. The molecule has 0 fully saturated rings. The Labute approximate surface area is 213 Å². The Kier molecular flexibility index (Phi) is 8.17. The lowest BCUT2D eigenvalue weighted by Crippen LogP contribution is -2.07. The summed E-state index contributed by atoms with van der Waals surface area (Å²) < 4.78 is 51.8. The van der Waals surface area contributed by atoms with E-state index in [4.69, 9.17) is 9.47 Å². The van der Waals surface area contributed by atoms with Gasteiger partial charge in [-0.15, -0.1) is 5.10 Å². The number of ether oxygens (including phenoxy) is 2. The molecule has 0 N–H and O–H groups in total. The number of halogens is 3. The van der Waals surface area contributed by atoms with Crippen molar-refractivity contribution in [3.8, 4) is 17.0 Å². The first-order valence-electron chi connectivity index (χ1n) is 11.8. The summed E-state index contributed by atoms with van der Waals surface area (Å²) in [6.45, 7) is 4.97. The van der Waals surface area contributed by atoms with Gasteiger partial charge in [0, 0.05) is 42.9 Å². The summed E-state index contributed by atoms with van der Waals surface area (Å²) in [6.07, 6.45) is 1.95. The van der Waals surface area contributed by atoms with Crippen molar-refractivity contribution in [3.63, 3.8) is 0 Å². The standard InChI is InChI=1S/C27H28F3N5O2/c1-18-15-22(8-9-23(18)25(36-3)5-4-13-35-14-12-32-34-35)37-17-21-6-10-24(33-19(21)2)20-7-11-26(31-16-20)27(28,29)30/h6-12,14-16,25H,4-5,13,17H2,1-3H3. The molecule has 1 unspecified atom stereocenters. The highest BCUT2D eigenvalue weighted by molar-refractivity contribution is 5.58. The molecule has 4 aromatic rings. The van der Waals surface area contributed by atoms with Crippen LogP contribution < -0.4 is 4.74 Å². The van der Waals surface area contributed by atoms with Crippen LogP contribution in [0.1, 0.15) is 47.0 Å². The number of pyridine rings is 2. The molecule has 0 bridgehead atoms. The maximum Gasteiger partial charge on any atom is 0.433 e. The molecule has 0 aliphatic heterocycles. The minimum absolute atomic E-state index is 0.0313. The van der Waals surface area contributed by atoms with Crippen molar-refractivity contribution in [1.29, 1.82) is 0 Å². The van der Waals surface area contributed by atoms with Gasteiger partial charge in [-0.05, 0) is 68.1 Å². The summed E-state index contributed by atoms with van der Waals surface area (Å²) in [6, 6.07) is 11.9. The maximum atomic E-state index is 12.8. The lowest BCUT2D eigenvalue weighted by molar-refractivity contribution is -0.141. The lowest BCUT2D eigenvalue weighted by atomic mass is 9.99. The minimum Gasteiger partial charge on any atom is -0.489 e. The first-order chi connectivity index (χ1) is 17.7. The van der Waals surface area contributed by atoms with Gasteiger partial charge in [0.1, 0.15) is 18.1 Å². The number of methoxy groups -OCH3 is 1. The van der Waals surface area contributed by atoms with Crippen molar-refractivity contribution in [2.24, 2.45) is 0 Å². The molecule has 0 amide bonds. The molecule has 4 rings (SSSR count). The van der Waals surface area contributed by atoms with Gasteiger partial charge in [-0.1, -0.05) is 17.3 Å². The van der Waals surface area contributed by atoms with Gasteiger partial charge in [0.05, 0.1) is 18.0 Å². The van der Waals surface area contributed by atoms with E-state index in [2.05, 4.69) is 20.3 Å². The Morgan fingerprint density at radius 3 is 2.51 bits per heavy atom. The molecule has 7 nitrogen and oxygen atoms in total. The van der Waals surface area contributed by atoms with Crippen molar-refractivity contribution >= 4 is 0 Å². The normalized spacial score (nSPS) is 12.5. The molecule has 0 saturated carbocycles. The number of benzene rings is 1. The number of nitrogens with zero attached hydrogens (tertiary/aromatic N) is 5. The average molecular weight is 512 g/mol.